The summed E-state index contributed by atoms with van der Waals surface area (Å²) in [5, 5.41) is 0.275. The number of halogens is 3. The molecule has 0 amide bonds. The average molecular weight is 470 g/mol. The third-order valence-electron chi connectivity index (χ3n) is 7.71. The van der Waals surface area contributed by atoms with Crippen LogP contribution in [0.25, 0.3) is 11.0 Å². The molecule has 1 spiro atoms. The molecule has 4 heterocycles. The molecule has 9 heteroatoms. The van der Waals surface area contributed by atoms with E-state index < -0.39 is 11.9 Å². The first-order valence-corrected chi connectivity index (χ1v) is 11.8. The van der Waals surface area contributed by atoms with E-state index in [9.17, 15) is 13.2 Å². The van der Waals surface area contributed by atoms with Gasteiger partial charge >= 0.3 is 6.18 Å². The van der Waals surface area contributed by atoms with Crippen LogP contribution in [0, 0.1) is 5.41 Å². The van der Waals surface area contributed by atoms with E-state index in [1.54, 1.807) is 0 Å². The number of hydrogen-bond donors (Lipinski definition) is 1. The van der Waals surface area contributed by atoms with E-state index in [1.165, 1.54) is 17.5 Å². The van der Waals surface area contributed by atoms with Gasteiger partial charge in [0.1, 0.15) is 17.7 Å². The van der Waals surface area contributed by atoms with Gasteiger partial charge in [0.05, 0.1) is 5.39 Å². The maximum Gasteiger partial charge on any atom is 0.431 e. The summed E-state index contributed by atoms with van der Waals surface area (Å²) < 4.78 is 45.2. The lowest BCUT2D eigenvalue weighted by Crippen LogP contribution is -2.63. The molecule has 2 aromatic heterocycles. The van der Waals surface area contributed by atoms with E-state index in [2.05, 4.69) is 43.0 Å². The summed E-state index contributed by atoms with van der Waals surface area (Å²) in [5.74, 6) is 0.302. The molecule has 0 bridgehead atoms. The Hall–Kier alpha value is -2.78. The lowest BCUT2D eigenvalue weighted by Gasteiger charge is -2.57. The van der Waals surface area contributed by atoms with Crippen molar-refractivity contribution in [1.29, 1.82) is 0 Å². The topological polar surface area (TPSA) is 66.4 Å². The Bertz CT molecular complexity index is 1220. The number of H-pyrrole nitrogens is 1. The normalized spacial score (nSPS) is 25.0. The Morgan fingerprint density at radius 3 is 2.74 bits per heavy atom. The van der Waals surface area contributed by atoms with Gasteiger partial charge in [-0.3, -0.25) is 4.90 Å². The van der Waals surface area contributed by atoms with Crippen LogP contribution in [0.1, 0.15) is 42.0 Å². The maximum atomic E-state index is 13.2. The summed E-state index contributed by atoms with van der Waals surface area (Å²) in [6.45, 7) is 3.81. The van der Waals surface area contributed by atoms with Crippen molar-refractivity contribution < 1.29 is 17.9 Å². The van der Waals surface area contributed by atoms with Gasteiger partial charge in [-0.05, 0) is 42.9 Å². The SMILES string of the molecule is FC(F)(F)c1cc2c(/N=C/C3c4ccccc4CC[C@@H]3N3CC4(CCOCC4)C3)ncnc2[nH]1. The van der Waals surface area contributed by atoms with Crippen molar-refractivity contribution in [2.45, 2.75) is 43.8 Å². The fourth-order valence-electron chi connectivity index (χ4n) is 5.87. The van der Waals surface area contributed by atoms with Crippen LogP contribution in [0.4, 0.5) is 19.0 Å². The first kappa shape index (κ1) is 21.7. The molecule has 2 atom stereocenters. The molecule has 1 aliphatic carbocycles. The highest BCUT2D eigenvalue weighted by Crippen LogP contribution is 2.45. The molecular formula is C25H26F3N5O. The van der Waals surface area contributed by atoms with E-state index in [4.69, 9.17) is 4.74 Å². The van der Waals surface area contributed by atoms with E-state index in [-0.39, 0.29) is 22.8 Å². The van der Waals surface area contributed by atoms with Gasteiger partial charge in [0.15, 0.2) is 5.82 Å². The molecule has 34 heavy (non-hydrogen) atoms. The molecule has 2 saturated heterocycles. The second-order valence-electron chi connectivity index (χ2n) is 9.77. The van der Waals surface area contributed by atoms with Gasteiger partial charge in [0, 0.05) is 49.9 Å². The van der Waals surface area contributed by atoms with Crippen LogP contribution in [-0.2, 0) is 17.3 Å². The minimum Gasteiger partial charge on any atom is -0.381 e. The summed E-state index contributed by atoms with van der Waals surface area (Å²) in [4.78, 5) is 17.7. The summed E-state index contributed by atoms with van der Waals surface area (Å²) in [5.41, 5.74) is 2.22. The molecule has 1 N–H and O–H groups in total. The molecule has 3 aliphatic rings. The Balaban J connectivity index is 1.32. The lowest BCUT2D eigenvalue weighted by atomic mass is 9.70. The van der Waals surface area contributed by atoms with Crippen molar-refractivity contribution in [3.63, 3.8) is 0 Å². The van der Waals surface area contributed by atoms with Crippen molar-refractivity contribution in [3.05, 3.63) is 53.5 Å². The molecule has 1 unspecified atom stereocenters. The van der Waals surface area contributed by atoms with Crippen molar-refractivity contribution in [2.24, 2.45) is 10.4 Å². The largest absolute Gasteiger partial charge is 0.431 e. The molecule has 2 fully saturated rings. The highest BCUT2D eigenvalue weighted by atomic mass is 19.4. The first-order valence-electron chi connectivity index (χ1n) is 11.8. The summed E-state index contributed by atoms with van der Waals surface area (Å²) in [6, 6.07) is 9.76. The fraction of sp³-hybridized carbons (Fsp3) is 0.480. The van der Waals surface area contributed by atoms with Gasteiger partial charge in [-0.15, -0.1) is 0 Å². The summed E-state index contributed by atoms with van der Waals surface area (Å²) >= 11 is 0. The number of fused-ring (bicyclic) bond motifs is 2. The highest BCUT2D eigenvalue weighted by Gasteiger charge is 2.48. The number of aromatic nitrogens is 3. The van der Waals surface area contributed by atoms with Gasteiger partial charge in [-0.2, -0.15) is 13.2 Å². The molecule has 178 valence electrons. The van der Waals surface area contributed by atoms with Crippen LogP contribution in [0.3, 0.4) is 0 Å². The number of aliphatic imine (C=N–C) groups is 1. The predicted octanol–water partition coefficient (Wildman–Crippen LogP) is 4.89. The molecule has 2 aliphatic heterocycles. The van der Waals surface area contributed by atoms with Crippen LogP contribution < -0.4 is 0 Å². The van der Waals surface area contributed by atoms with Crippen LogP contribution in [0.2, 0.25) is 0 Å². The Kier molecular flexibility index (Phi) is 5.22. The van der Waals surface area contributed by atoms with Crippen molar-refractivity contribution in [2.75, 3.05) is 26.3 Å². The molecule has 3 aromatic rings. The number of nitrogens with zero attached hydrogens (tertiary/aromatic N) is 4. The number of rotatable bonds is 3. The lowest BCUT2D eigenvalue weighted by molar-refractivity contribution is -0.140. The van der Waals surface area contributed by atoms with Gasteiger partial charge in [0.2, 0.25) is 0 Å². The molecule has 0 radical (unpaired) electrons. The monoisotopic (exact) mass is 469 g/mol. The minimum atomic E-state index is -4.48. The quantitative estimate of drug-likeness (QED) is 0.555. The predicted molar refractivity (Wildman–Crippen MR) is 122 cm³/mol. The zero-order chi connectivity index (χ0) is 23.3. The number of nitrogens with one attached hydrogen (secondary N) is 1. The molecule has 1 aromatic carbocycles. The number of aromatic amines is 1. The highest BCUT2D eigenvalue weighted by molar-refractivity contribution is 5.88. The van der Waals surface area contributed by atoms with Crippen molar-refractivity contribution in [3.8, 4) is 0 Å². The number of alkyl halides is 3. The standard InChI is InChI=1S/C25H26F3N5O/c26-25(27,28)21-11-18-22(30-15-31-23(18)32-21)29-12-19-17-4-2-1-3-16(17)5-6-20(19)33-13-24(14-33)7-9-34-10-8-24/h1-4,11-12,15,19-20H,5-10,13-14H2,(H,30,31,32)/b29-12+/t19?,20-/m0/s1. The van der Waals surface area contributed by atoms with Gasteiger partial charge in [-0.1, -0.05) is 24.3 Å². The van der Waals surface area contributed by atoms with E-state index in [0.717, 1.165) is 58.1 Å². The smallest absolute Gasteiger partial charge is 0.381 e. The second kappa shape index (κ2) is 8.16. The Morgan fingerprint density at radius 1 is 1.15 bits per heavy atom. The van der Waals surface area contributed by atoms with Crippen molar-refractivity contribution >= 4 is 23.1 Å². The number of hydrogen-bond acceptors (Lipinski definition) is 5. The Morgan fingerprint density at radius 2 is 1.94 bits per heavy atom. The summed E-state index contributed by atoms with van der Waals surface area (Å²) in [6.07, 6.45) is 2.93. The molecule has 6 rings (SSSR count). The zero-order valence-corrected chi connectivity index (χ0v) is 18.7. The first-order chi connectivity index (χ1) is 16.4. The number of ether oxygens (including phenoxy) is 1. The second-order valence-corrected chi connectivity index (χ2v) is 9.77. The van der Waals surface area contributed by atoms with Gasteiger partial charge in [-0.25, -0.2) is 15.0 Å². The van der Waals surface area contributed by atoms with E-state index in [0.29, 0.717) is 11.5 Å². The maximum absolute atomic E-state index is 13.2. The van der Waals surface area contributed by atoms with Crippen LogP contribution in [-0.4, -0.2) is 58.4 Å². The number of benzene rings is 1. The average Bonchev–Trinajstić information content (AvgIpc) is 3.27. The molecular weight excluding hydrogens is 443 g/mol. The third kappa shape index (κ3) is 3.80. The Labute approximate surface area is 195 Å². The number of likely N-dealkylation sites (tertiary alicyclic amines) is 1. The molecule has 6 nitrogen and oxygen atoms in total. The third-order valence-corrected chi connectivity index (χ3v) is 7.71. The van der Waals surface area contributed by atoms with Crippen molar-refractivity contribution in [1.82, 2.24) is 19.9 Å². The van der Waals surface area contributed by atoms with Gasteiger partial charge < -0.3 is 9.72 Å². The zero-order valence-electron chi connectivity index (χ0n) is 18.7. The van der Waals surface area contributed by atoms with Crippen LogP contribution in [0.15, 0.2) is 41.7 Å². The van der Waals surface area contributed by atoms with Crippen LogP contribution >= 0.6 is 0 Å². The number of aryl methyl sites for hydroxylation is 1. The van der Waals surface area contributed by atoms with E-state index in [1.807, 2.05) is 12.3 Å². The van der Waals surface area contributed by atoms with Gasteiger partial charge in [0.25, 0.3) is 0 Å². The van der Waals surface area contributed by atoms with E-state index >= 15 is 0 Å². The molecule has 0 saturated carbocycles. The minimum absolute atomic E-state index is 0.0492. The van der Waals surface area contributed by atoms with Crippen LogP contribution in [0.5, 0.6) is 0 Å². The summed E-state index contributed by atoms with van der Waals surface area (Å²) in [7, 11) is 0. The fourth-order valence-corrected chi connectivity index (χ4v) is 5.87.